The first-order chi connectivity index (χ1) is 8.78. The SMILES string of the molecule is COc1cc(-c2noc(C(N)C3CC3)n2)ncn1. The van der Waals surface area contributed by atoms with Crippen LogP contribution < -0.4 is 10.5 Å². The van der Waals surface area contributed by atoms with Crippen LogP contribution in [0.25, 0.3) is 11.5 Å². The zero-order valence-electron chi connectivity index (χ0n) is 9.91. The molecule has 18 heavy (non-hydrogen) atoms. The van der Waals surface area contributed by atoms with Gasteiger partial charge in [0.15, 0.2) is 0 Å². The molecule has 0 aromatic carbocycles. The average molecular weight is 247 g/mol. The molecule has 3 rings (SSSR count). The maximum Gasteiger partial charge on any atom is 0.244 e. The van der Waals surface area contributed by atoms with Crippen molar-refractivity contribution in [3.05, 3.63) is 18.3 Å². The fraction of sp³-hybridized carbons (Fsp3) is 0.455. The van der Waals surface area contributed by atoms with E-state index in [2.05, 4.69) is 20.1 Å². The lowest BCUT2D eigenvalue weighted by molar-refractivity contribution is 0.343. The average Bonchev–Trinajstić information content (AvgIpc) is 3.15. The number of nitrogens with two attached hydrogens (primary N) is 1. The summed E-state index contributed by atoms with van der Waals surface area (Å²) in [5.41, 5.74) is 6.55. The molecule has 1 aliphatic carbocycles. The Bertz CT molecular complexity index is 552. The standard InChI is InChI=1S/C11H13N5O2/c1-17-8-4-7(13-5-14-8)10-15-11(18-16-10)9(12)6-2-3-6/h4-6,9H,2-3,12H2,1H3. The number of nitrogens with zero attached hydrogens (tertiary/aromatic N) is 4. The molecule has 0 amide bonds. The molecule has 1 aliphatic rings. The summed E-state index contributed by atoms with van der Waals surface area (Å²) < 4.78 is 10.2. The second-order valence-electron chi connectivity index (χ2n) is 4.27. The van der Waals surface area contributed by atoms with Gasteiger partial charge in [0, 0.05) is 6.07 Å². The van der Waals surface area contributed by atoms with E-state index in [0.29, 0.717) is 29.2 Å². The first-order valence-corrected chi connectivity index (χ1v) is 5.73. The van der Waals surface area contributed by atoms with Crippen LogP contribution in [0, 0.1) is 5.92 Å². The van der Waals surface area contributed by atoms with Crippen molar-refractivity contribution in [2.75, 3.05) is 7.11 Å². The molecule has 1 fully saturated rings. The van der Waals surface area contributed by atoms with Crippen molar-refractivity contribution in [3.8, 4) is 17.4 Å². The summed E-state index contributed by atoms with van der Waals surface area (Å²) in [6.07, 6.45) is 3.64. The minimum Gasteiger partial charge on any atom is -0.481 e. The third-order valence-electron chi connectivity index (χ3n) is 2.94. The van der Waals surface area contributed by atoms with E-state index in [-0.39, 0.29) is 6.04 Å². The van der Waals surface area contributed by atoms with Crippen LogP contribution in [0.1, 0.15) is 24.8 Å². The minimum absolute atomic E-state index is 0.171. The Kier molecular flexibility index (Phi) is 2.67. The summed E-state index contributed by atoms with van der Waals surface area (Å²) >= 11 is 0. The van der Waals surface area contributed by atoms with Crippen molar-refractivity contribution < 1.29 is 9.26 Å². The van der Waals surface area contributed by atoms with Gasteiger partial charge in [-0.05, 0) is 18.8 Å². The van der Waals surface area contributed by atoms with Crippen LogP contribution in [0.15, 0.2) is 16.9 Å². The molecule has 0 spiro atoms. The molecule has 7 heteroatoms. The van der Waals surface area contributed by atoms with Gasteiger partial charge in [-0.3, -0.25) is 0 Å². The predicted molar refractivity (Wildman–Crippen MR) is 61.5 cm³/mol. The highest BCUT2D eigenvalue weighted by Gasteiger charge is 2.33. The first-order valence-electron chi connectivity index (χ1n) is 5.73. The lowest BCUT2D eigenvalue weighted by Crippen LogP contribution is -2.12. The van der Waals surface area contributed by atoms with Gasteiger partial charge in [-0.25, -0.2) is 9.97 Å². The van der Waals surface area contributed by atoms with Gasteiger partial charge in [0.2, 0.25) is 17.6 Å². The van der Waals surface area contributed by atoms with Crippen LogP contribution in [0.2, 0.25) is 0 Å². The molecule has 2 aromatic heterocycles. The third-order valence-corrected chi connectivity index (χ3v) is 2.94. The molecule has 1 atom stereocenters. The van der Waals surface area contributed by atoms with Crippen LogP contribution in [0.3, 0.4) is 0 Å². The van der Waals surface area contributed by atoms with Gasteiger partial charge >= 0.3 is 0 Å². The van der Waals surface area contributed by atoms with Crippen molar-refractivity contribution in [1.29, 1.82) is 0 Å². The van der Waals surface area contributed by atoms with Crippen LogP contribution in [0.5, 0.6) is 5.88 Å². The Balaban J connectivity index is 1.87. The molecule has 7 nitrogen and oxygen atoms in total. The fourth-order valence-electron chi connectivity index (χ4n) is 1.70. The molecule has 1 saturated carbocycles. The van der Waals surface area contributed by atoms with E-state index < -0.39 is 0 Å². The summed E-state index contributed by atoms with van der Waals surface area (Å²) in [5, 5.41) is 3.88. The molecule has 0 saturated heterocycles. The molecule has 2 N–H and O–H groups in total. The van der Waals surface area contributed by atoms with Crippen molar-refractivity contribution in [2.45, 2.75) is 18.9 Å². The van der Waals surface area contributed by atoms with Gasteiger partial charge in [-0.15, -0.1) is 0 Å². The Morgan fingerprint density at radius 2 is 2.28 bits per heavy atom. The third kappa shape index (κ3) is 2.04. The van der Waals surface area contributed by atoms with Gasteiger partial charge in [0.25, 0.3) is 0 Å². The number of hydrogen-bond donors (Lipinski definition) is 1. The number of aromatic nitrogens is 4. The van der Waals surface area contributed by atoms with E-state index in [1.165, 1.54) is 13.4 Å². The highest BCUT2D eigenvalue weighted by atomic mass is 16.5. The smallest absolute Gasteiger partial charge is 0.244 e. The lowest BCUT2D eigenvalue weighted by Gasteiger charge is -2.01. The molecular formula is C11H13N5O2. The van der Waals surface area contributed by atoms with Crippen molar-refractivity contribution in [1.82, 2.24) is 20.1 Å². The van der Waals surface area contributed by atoms with Crippen molar-refractivity contribution >= 4 is 0 Å². The van der Waals surface area contributed by atoms with Gasteiger partial charge in [0.1, 0.15) is 12.0 Å². The van der Waals surface area contributed by atoms with Crippen molar-refractivity contribution in [2.24, 2.45) is 11.7 Å². The Morgan fingerprint density at radius 1 is 1.44 bits per heavy atom. The zero-order chi connectivity index (χ0) is 12.5. The second-order valence-corrected chi connectivity index (χ2v) is 4.27. The second kappa shape index (κ2) is 4.34. The van der Waals surface area contributed by atoms with Gasteiger partial charge in [0.05, 0.1) is 13.2 Å². The summed E-state index contributed by atoms with van der Waals surface area (Å²) in [6, 6.07) is 1.48. The predicted octanol–water partition coefficient (Wildman–Crippen LogP) is 0.945. The zero-order valence-corrected chi connectivity index (χ0v) is 9.91. The highest BCUT2D eigenvalue weighted by Crippen LogP contribution is 2.39. The molecule has 94 valence electrons. The Morgan fingerprint density at radius 3 is 3.00 bits per heavy atom. The molecule has 2 aromatic rings. The van der Waals surface area contributed by atoms with Gasteiger partial charge in [-0.1, -0.05) is 5.16 Å². The van der Waals surface area contributed by atoms with Crippen molar-refractivity contribution in [3.63, 3.8) is 0 Å². The monoisotopic (exact) mass is 247 g/mol. The van der Waals surface area contributed by atoms with E-state index in [0.717, 1.165) is 12.8 Å². The van der Waals surface area contributed by atoms with Crippen LogP contribution in [0.4, 0.5) is 0 Å². The molecule has 0 aliphatic heterocycles. The van der Waals surface area contributed by atoms with Crippen LogP contribution in [-0.2, 0) is 0 Å². The Hall–Kier alpha value is -2.02. The molecular weight excluding hydrogens is 234 g/mol. The largest absolute Gasteiger partial charge is 0.481 e. The van der Waals surface area contributed by atoms with Crippen LogP contribution in [-0.4, -0.2) is 27.2 Å². The summed E-state index contributed by atoms with van der Waals surface area (Å²) in [4.78, 5) is 12.3. The quantitative estimate of drug-likeness (QED) is 0.858. The van der Waals surface area contributed by atoms with E-state index in [1.807, 2.05) is 0 Å². The topological polar surface area (TPSA) is 100.0 Å². The normalized spacial score (nSPS) is 16.6. The minimum atomic E-state index is -0.171. The summed E-state index contributed by atoms with van der Waals surface area (Å²) in [6.45, 7) is 0. The summed E-state index contributed by atoms with van der Waals surface area (Å²) in [7, 11) is 1.54. The first kappa shape index (κ1) is 11.1. The Labute approximate surface area is 103 Å². The molecule has 0 bridgehead atoms. The van der Waals surface area contributed by atoms with Gasteiger partial charge < -0.3 is 15.0 Å². The van der Waals surface area contributed by atoms with E-state index >= 15 is 0 Å². The summed E-state index contributed by atoms with van der Waals surface area (Å²) in [5.74, 6) is 1.79. The van der Waals surface area contributed by atoms with E-state index in [4.69, 9.17) is 15.0 Å². The molecule has 2 heterocycles. The lowest BCUT2D eigenvalue weighted by atomic mass is 10.2. The maximum absolute atomic E-state index is 5.99. The number of hydrogen-bond acceptors (Lipinski definition) is 7. The fourth-order valence-corrected chi connectivity index (χ4v) is 1.70. The molecule has 0 radical (unpaired) electrons. The number of methoxy groups -OCH3 is 1. The maximum atomic E-state index is 5.99. The van der Waals surface area contributed by atoms with Gasteiger partial charge in [-0.2, -0.15) is 4.98 Å². The van der Waals surface area contributed by atoms with E-state index in [1.54, 1.807) is 6.07 Å². The van der Waals surface area contributed by atoms with E-state index in [9.17, 15) is 0 Å². The highest BCUT2D eigenvalue weighted by molar-refractivity contribution is 5.49. The number of ether oxygens (including phenoxy) is 1. The molecule has 1 unspecified atom stereocenters. The number of rotatable bonds is 4. The van der Waals surface area contributed by atoms with Crippen LogP contribution >= 0.6 is 0 Å².